The van der Waals surface area contributed by atoms with Crippen molar-refractivity contribution in [3.63, 3.8) is 0 Å². The summed E-state index contributed by atoms with van der Waals surface area (Å²) in [6, 6.07) is 7.57. The first-order valence-corrected chi connectivity index (χ1v) is 6.53. The molecule has 21 heavy (non-hydrogen) atoms. The second-order valence-electron chi connectivity index (χ2n) is 4.14. The SMILES string of the molecule is NC(=O)c1cccc(C(=O)Nc2c(F)cc(Br)cc2F)c1. The molecule has 2 aromatic rings. The van der Waals surface area contributed by atoms with E-state index in [9.17, 15) is 18.4 Å². The van der Waals surface area contributed by atoms with Crippen LogP contribution in [-0.4, -0.2) is 11.8 Å². The summed E-state index contributed by atoms with van der Waals surface area (Å²) in [5.41, 5.74) is 4.73. The van der Waals surface area contributed by atoms with Crippen molar-refractivity contribution >= 4 is 33.4 Å². The Kier molecular flexibility index (Phi) is 4.32. The maximum atomic E-state index is 13.6. The van der Waals surface area contributed by atoms with E-state index in [4.69, 9.17) is 5.73 Å². The minimum Gasteiger partial charge on any atom is -0.366 e. The number of amides is 2. The number of nitrogens with one attached hydrogen (secondary N) is 1. The van der Waals surface area contributed by atoms with Gasteiger partial charge in [0.15, 0.2) is 11.6 Å². The van der Waals surface area contributed by atoms with Crippen LogP contribution in [0.3, 0.4) is 0 Å². The van der Waals surface area contributed by atoms with Crippen LogP contribution in [0.25, 0.3) is 0 Å². The van der Waals surface area contributed by atoms with Crippen LogP contribution >= 0.6 is 15.9 Å². The summed E-state index contributed by atoms with van der Waals surface area (Å²) >= 11 is 2.94. The summed E-state index contributed by atoms with van der Waals surface area (Å²) in [5.74, 6) is -3.29. The fourth-order valence-electron chi connectivity index (χ4n) is 1.66. The van der Waals surface area contributed by atoms with Gasteiger partial charge in [-0.25, -0.2) is 8.78 Å². The van der Waals surface area contributed by atoms with Gasteiger partial charge in [0.05, 0.1) is 0 Å². The van der Waals surface area contributed by atoms with Gasteiger partial charge in [-0.3, -0.25) is 9.59 Å². The molecular weight excluding hydrogens is 346 g/mol. The molecule has 0 fully saturated rings. The maximum absolute atomic E-state index is 13.6. The topological polar surface area (TPSA) is 72.2 Å². The Morgan fingerprint density at radius 3 is 2.19 bits per heavy atom. The summed E-state index contributed by atoms with van der Waals surface area (Å²) in [7, 11) is 0. The number of hydrogen-bond acceptors (Lipinski definition) is 2. The standard InChI is InChI=1S/C14H9BrF2N2O2/c15-9-5-10(16)12(11(17)6-9)19-14(21)8-3-1-2-7(4-8)13(18)20/h1-6H,(H2,18,20)(H,19,21). The molecule has 0 aliphatic carbocycles. The van der Waals surface area contributed by atoms with Crippen LogP contribution in [0, 0.1) is 11.6 Å². The lowest BCUT2D eigenvalue weighted by Crippen LogP contribution is -2.16. The third-order valence-corrected chi connectivity index (χ3v) is 3.11. The highest BCUT2D eigenvalue weighted by atomic mass is 79.9. The van der Waals surface area contributed by atoms with Gasteiger partial charge in [-0.15, -0.1) is 0 Å². The average Bonchev–Trinajstić information content (AvgIpc) is 2.42. The quantitative estimate of drug-likeness (QED) is 0.888. The minimum absolute atomic E-state index is 0.0630. The molecule has 3 N–H and O–H groups in total. The van der Waals surface area contributed by atoms with Gasteiger partial charge in [0.1, 0.15) is 5.69 Å². The van der Waals surface area contributed by atoms with Gasteiger partial charge in [-0.1, -0.05) is 22.0 Å². The fourth-order valence-corrected chi connectivity index (χ4v) is 2.06. The number of nitrogens with two attached hydrogens (primary N) is 1. The molecule has 0 saturated heterocycles. The zero-order valence-electron chi connectivity index (χ0n) is 10.5. The van der Waals surface area contributed by atoms with E-state index in [1.54, 1.807) is 0 Å². The fraction of sp³-hybridized carbons (Fsp3) is 0. The molecule has 108 valence electrons. The monoisotopic (exact) mass is 354 g/mol. The molecule has 0 saturated carbocycles. The van der Waals surface area contributed by atoms with Crippen LogP contribution in [0.2, 0.25) is 0 Å². The van der Waals surface area contributed by atoms with Gasteiger partial charge in [-0.05, 0) is 30.3 Å². The van der Waals surface area contributed by atoms with E-state index >= 15 is 0 Å². The number of hydrogen-bond donors (Lipinski definition) is 2. The number of carbonyl (C=O) groups is 2. The van der Waals surface area contributed by atoms with Crippen molar-refractivity contribution in [2.45, 2.75) is 0 Å². The zero-order valence-corrected chi connectivity index (χ0v) is 12.1. The average molecular weight is 355 g/mol. The number of carbonyl (C=O) groups excluding carboxylic acids is 2. The smallest absolute Gasteiger partial charge is 0.255 e. The summed E-state index contributed by atoms with van der Waals surface area (Å²) in [4.78, 5) is 23.0. The minimum atomic E-state index is -0.915. The normalized spacial score (nSPS) is 10.2. The van der Waals surface area contributed by atoms with Crippen molar-refractivity contribution in [1.29, 1.82) is 0 Å². The summed E-state index contributed by atoms with van der Waals surface area (Å²) in [6.45, 7) is 0. The Bertz CT molecular complexity index is 712. The molecule has 0 radical (unpaired) electrons. The number of anilines is 1. The number of halogens is 3. The second-order valence-corrected chi connectivity index (χ2v) is 5.06. The Labute approximate surface area is 127 Å². The van der Waals surface area contributed by atoms with Crippen LogP contribution in [-0.2, 0) is 0 Å². The second kappa shape index (κ2) is 6.01. The molecule has 0 aliphatic heterocycles. The first-order valence-electron chi connectivity index (χ1n) is 5.74. The van der Waals surface area contributed by atoms with Gasteiger partial charge in [0.2, 0.25) is 5.91 Å². The van der Waals surface area contributed by atoms with Gasteiger partial charge >= 0.3 is 0 Å². The van der Waals surface area contributed by atoms with Gasteiger partial charge < -0.3 is 11.1 Å². The van der Waals surface area contributed by atoms with E-state index < -0.39 is 29.1 Å². The summed E-state index contributed by atoms with van der Waals surface area (Å²) < 4.78 is 27.5. The van der Waals surface area contributed by atoms with Crippen LogP contribution in [0.1, 0.15) is 20.7 Å². The third-order valence-electron chi connectivity index (χ3n) is 2.65. The lowest BCUT2D eigenvalue weighted by molar-refractivity contribution is 0.1000. The largest absolute Gasteiger partial charge is 0.366 e. The predicted octanol–water partition coefficient (Wildman–Crippen LogP) is 3.08. The molecule has 0 aromatic heterocycles. The molecule has 7 heteroatoms. The molecule has 2 amide bonds. The van der Waals surface area contributed by atoms with Crippen molar-refractivity contribution in [1.82, 2.24) is 0 Å². The van der Waals surface area contributed by atoms with E-state index in [1.807, 2.05) is 0 Å². The Balaban J connectivity index is 2.30. The van der Waals surface area contributed by atoms with Crippen molar-refractivity contribution in [3.8, 4) is 0 Å². The summed E-state index contributed by atoms with van der Waals surface area (Å²) in [6.07, 6.45) is 0. The Morgan fingerprint density at radius 1 is 1.05 bits per heavy atom. The van der Waals surface area contributed by atoms with Gasteiger partial charge in [0.25, 0.3) is 5.91 Å². The first kappa shape index (κ1) is 15.1. The molecule has 2 rings (SSSR count). The zero-order chi connectivity index (χ0) is 15.6. The van der Waals surface area contributed by atoms with Crippen LogP contribution in [0.5, 0.6) is 0 Å². The van der Waals surface area contributed by atoms with E-state index in [0.717, 1.165) is 12.1 Å². The Morgan fingerprint density at radius 2 is 1.62 bits per heavy atom. The van der Waals surface area contributed by atoms with Crippen LogP contribution in [0.15, 0.2) is 40.9 Å². The highest BCUT2D eigenvalue weighted by Crippen LogP contribution is 2.24. The van der Waals surface area contributed by atoms with E-state index in [2.05, 4.69) is 21.2 Å². The van der Waals surface area contributed by atoms with Crippen molar-refractivity contribution in [2.75, 3.05) is 5.32 Å². The summed E-state index contributed by atoms with van der Waals surface area (Å²) in [5, 5.41) is 2.13. The number of primary amides is 1. The molecule has 0 spiro atoms. The molecule has 4 nitrogen and oxygen atoms in total. The maximum Gasteiger partial charge on any atom is 0.255 e. The number of benzene rings is 2. The van der Waals surface area contributed by atoms with E-state index in [1.165, 1.54) is 24.3 Å². The number of rotatable bonds is 3. The molecule has 0 atom stereocenters. The van der Waals surface area contributed by atoms with Crippen LogP contribution < -0.4 is 11.1 Å². The third kappa shape index (κ3) is 3.43. The van der Waals surface area contributed by atoms with Gasteiger partial charge in [-0.2, -0.15) is 0 Å². The predicted molar refractivity (Wildman–Crippen MR) is 77.0 cm³/mol. The highest BCUT2D eigenvalue weighted by molar-refractivity contribution is 9.10. The first-order chi connectivity index (χ1) is 9.88. The van der Waals surface area contributed by atoms with E-state index in [-0.39, 0.29) is 15.6 Å². The molecular formula is C14H9BrF2N2O2. The lowest BCUT2D eigenvalue weighted by atomic mass is 10.1. The molecule has 0 aliphatic rings. The molecule has 0 unspecified atom stereocenters. The lowest BCUT2D eigenvalue weighted by Gasteiger charge is -2.08. The molecule has 0 heterocycles. The van der Waals surface area contributed by atoms with Gasteiger partial charge in [0, 0.05) is 15.6 Å². The van der Waals surface area contributed by atoms with Crippen molar-refractivity contribution < 1.29 is 18.4 Å². The molecule has 0 bridgehead atoms. The van der Waals surface area contributed by atoms with E-state index in [0.29, 0.717) is 0 Å². The Hall–Kier alpha value is -2.28. The van der Waals surface area contributed by atoms with Crippen molar-refractivity contribution in [3.05, 3.63) is 63.6 Å². The van der Waals surface area contributed by atoms with Crippen molar-refractivity contribution in [2.24, 2.45) is 5.73 Å². The molecule has 2 aromatic carbocycles. The van der Waals surface area contributed by atoms with Crippen LogP contribution in [0.4, 0.5) is 14.5 Å². The highest BCUT2D eigenvalue weighted by Gasteiger charge is 2.15.